The molecule has 0 atom stereocenters. The summed E-state index contributed by atoms with van der Waals surface area (Å²) in [6.07, 6.45) is 10.3. The van der Waals surface area contributed by atoms with Gasteiger partial charge in [-0.1, -0.05) is 6.42 Å². The molecule has 3 heterocycles. The van der Waals surface area contributed by atoms with Crippen LogP contribution in [0.2, 0.25) is 0 Å². The van der Waals surface area contributed by atoms with E-state index in [4.69, 9.17) is 4.42 Å². The molecule has 0 aromatic carbocycles. The second-order valence-electron chi connectivity index (χ2n) is 6.79. The fraction of sp³-hybridized carbons (Fsp3) is 0.526. The van der Waals surface area contributed by atoms with E-state index in [-0.39, 0.29) is 5.91 Å². The number of hydrogen-bond donors (Lipinski definition) is 1. The van der Waals surface area contributed by atoms with Crippen LogP contribution in [0.15, 0.2) is 22.8 Å². The lowest BCUT2D eigenvalue weighted by molar-refractivity contribution is 0.0997. The fourth-order valence-corrected chi connectivity index (χ4v) is 5.11. The Morgan fingerprint density at radius 1 is 1.17 bits per heavy atom. The topological polar surface area (TPSA) is 45.5 Å². The monoisotopic (exact) mass is 344 g/mol. The molecule has 2 aliphatic rings. The summed E-state index contributed by atoms with van der Waals surface area (Å²) in [6.45, 7) is 3.33. The van der Waals surface area contributed by atoms with Crippen molar-refractivity contribution in [2.75, 3.05) is 18.4 Å². The van der Waals surface area contributed by atoms with Crippen molar-refractivity contribution in [3.05, 3.63) is 40.2 Å². The molecule has 0 unspecified atom stereocenters. The molecule has 1 aliphatic heterocycles. The van der Waals surface area contributed by atoms with Crippen LogP contribution in [0.4, 0.5) is 5.00 Å². The third-order valence-electron chi connectivity index (χ3n) is 5.08. The summed E-state index contributed by atoms with van der Waals surface area (Å²) >= 11 is 1.78. The first-order valence-corrected chi connectivity index (χ1v) is 9.83. The molecule has 1 amide bonds. The Bertz CT molecular complexity index is 699. The molecule has 128 valence electrons. The lowest BCUT2D eigenvalue weighted by atomic mass is 9.95. The van der Waals surface area contributed by atoms with E-state index in [1.807, 2.05) is 0 Å². The van der Waals surface area contributed by atoms with Gasteiger partial charge in [-0.15, -0.1) is 11.3 Å². The number of amides is 1. The van der Waals surface area contributed by atoms with E-state index in [1.54, 1.807) is 29.7 Å². The first kappa shape index (κ1) is 15.9. The Kier molecular flexibility index (Phi) is 4.72. The summed E-state index contributed by atoms with van der Waals surface area (Å²) in [7, 11) is 0. The van der Waals surface area contributed by atoms with E-state index in [0.717, 1.165) is 24.4 Å². The average molecular weight is 344 g/mol. The summed E-state index contributed by atoms with van der Waals surface area (Å²) in [5.41, 5.74) is 2.86. The maximum absolute atomic E-state index is 12.4. The van der Waals surface area contributed by atoms with Crippen LogP contribution in [0.1, 0.15) is 58.7 Å². The predicted molar refractivity (Wildman–Crippen MR) is 96.8 cm³/mol. The highest BCUT2D eigenvalue weighted by atomic mass is 32.1. The van der Waals surface area contributed by atoms with Gasteiger partial charge in [0.15, 0.2) is 5.76 Å². The first-order chi connectivity index (χ1) is 11.8. The minimum absolute atomic E-state index is 0.140. The molecule has 0 saturated carbocycles. The molecule has 0 radical (unpaired) electrons. The van der Waals surface area contributed by atoms with Gasteiger partial charge in [0.05, 0.1) is 6.26 Å². The van der Waals surface area contributed by atoms with Gasteiger partial charge in [-0.05, 0) is 69.3 Å². The van der Waals surface area contributed by atoms with Crippen molar-refractivity contribution >= 4 is 22.2 Å². The average Bonchev–Trinajstić information content (AvgIpc) is 3.25. The Morgan fingerprint density at radius 2 is 2.00 bits per heavy atom. The van der Waals surface area contributed by atoms with Crippen LogP contribution in [-0.4, -0.2) is 23.9 Å². The van der Waals surface area contributed by atoms with Crippen LogP contribution in [0, 0.1) is 0 Å². The molecular formula is C19H24N2O2S. The summed E-state index contributed by atoms with van der Waals surface area (Å²) < 4.78 is 5.24. The lowest BCUT2D eigenvalue weighted by Crippen LogP contribution is -2.29. The molecule has 0 spiro atoms. The number of nitrogens with one attached hydrogen (secondary N) is 1. The Labute approximate surface area is 146 Å². The van der Waals surface area contributed by atoms with E-state index < -0.39 is 0 Å². The van der Waals surface area contributed by atoms with Crippen LogP contribution in [0.25, 0.3) is 0 Å². The highest BCUT2D eigenvalue weighted by Crippen LogP contribution is 2.39. The van der Waals surface area contributed by atoms with E-state index in [9.17, 15) is 4.79 Å². The quantitative estimate of drug-likeness (QED) is 0.891. The Morgan fingerprint density at radius 3 is 2.79 bits per heavy atom. The van der Waals surface area contributed by atoms with Crippen molar-refractivity contribution in [3.8, 4) is 0 Å². The van der Waals surface area contributed by atoms with Crippen molar-refractivity contribution in [1.82, 2.24) is 4.90 Å². The zero-order chi connectivity index (χ0) is 16.4. The Balaban J connectivity index is 1.59. The fourth-order valence-electron chi connectivity index (χ4n) is 3.81. The van der Waals surface area contributed by atoms with Crippen LogP contribution in [0.3, 0.4) is 0 Å². The van der Waals surface area contributed by atoms with E-state index in [0.29, 0.717) is 5.76 Å². The number of furan rings is 1. The van der Waals surface area contributed by atoms with E-state index in [1.165, 1.54) is 61.2 Å². The van der Waals surface area contributed by atoms with Crippen molar-refractivity contribution in [1.29, 1.82) is 0 Å². The van der Waals surface area contributed by atoms with Gasteiger partial charge in [0.25, 0.3) is 5.91 Å². The number of thiophene rings is 1. The number of carbonyl (C=O) groups is 1. The van der Waals surface area contributed by atoms with Crippen LogP contribution < -0.4 is 5.32 Å². The van der Waals surface area contributed by atoms with Crippen LogP contribution >= 0.6 is 11.3 Å². The van der Waals surface area contributed by atoms with Gasteiger partial charge in [0.2, 0.25) is 0 Å². The number of carbonyl (C=O) groups excluding carboxylic acids is 1. The van der Waals surface area contributed by atoms with E-state index in [2.05, 4.69) is 10.2 Å². The number of anilines is 1. The summed E-state index contributed by atoms with van der Waals surface area (Å²) in [5, 5.41) is 4.15. The molecule has 1 fully saturated rings. The number of aryl methyl sites for hydroxylation is 1. The molecule has 0 bridgehead atoms. The molecule has 24 heavy (non-hydrogen) atoms. The third-order valence-corrected chi connectivity index (χ3v) is 6.33. The highest BCUT2D eigenvalue weighted by molar-refractivity contribution is 7.16. The largest absolute Gasteiger partial charge is 0.459 e. The van der Waals surface area contributed by atoms with E-state index >= 15 is 0 Å². The van der Waals surface area contributed by atoms with Gasteiger partial charge in [0, 0.05) is 17.0 Å². The third kappa shape index (κ3) is 3.28. The predicted octanol–water partition coefficient (Wildman–Crippen LogP) is 4.46. The molecular weight excluding hydrogens is 320 g/mol. The lowest BCUT2D eigenvalue weighted by Gasteiger charge is -2.27. The molecule has 1 aliphatic carbocycles. The molecule has 1 saturated heterocycles. The molecule has 5 heteroatoms. The second kappa shape index (κ2) is 7.11. The number of piperidine rings is 1. The molecule has 2 aromatic rings. The number of fused-ring (bicyclic) bond motifs is 1. The smallest absolute Gasteiger partial charge is 0.291 e. The van der Waals surface area contributed by atoms with Gasteiger partial charge in [-0.3, -0.25) is 9.69 Å². The molecule has 2 aromatic heterocycles. The zero-order valence-electron chi connectivity index (χ0n) is 14.0. The van der Waals surface area contributed by atoms with Gasteiger partial charge >= 0.3 is 0 Å². The maximum atomic E-state index is 12.4. The van der Waals surface area contributed by atoms with Crippen LogP contribution in [0.5, 0.6) is 0 Å². The highest BCUT2D eigenvalue weighted by Gasteiger charge is 2.24. The maximum Gasteiger partial charge on any atom is 0.291 e. The molecule has 1 N–H and O–H groups in total. The van der Waals surface area contributed by atoms with Crippen molar-refractivity contribution in [2.24, 2.45) is 0 Å². The first-order valence-electron chi connectivity index (χ1n) is 9.02. The molecule has 4 nitrogen and oxygen atoms in total. The Hall–Kier alpha value is -1.59. The standard InChI is InChI=1S/C19H24N2O2S/c22-18(16-8-6-12-23-16)20-19-15(13-21-10-4-1-5-11-21)14-7-2-3-9-17(14)24-19/h6,8,12H,1-5,7,9-11,13H2,(H,20,22). The second-order valence-corrected chi connectivity index (χ2v) is 7.89. The van der Waals surface area contributed by atoms with Gasteiger partial charge < -0.3 is 9.73 Å². The normalized spacial score (nSPS) is 18.3. The summed E-state index contributed by atoms with van der Waals surface area (Å²) in [4.78, 5) is 16.4. The van der Waals surface area contributed by atoms with Crippen LogP contribution in [-0.2, 0) is 19.4 Å². The summed E-state index contributed by atoms with van der Waals surface area (Å²) in [6, 6.07) is 3.47. The SMILES string of the molecule is O=C(Nc1sc2c(c1CN1CCCCC1)CCCC2)c1ccco1. The number of nitrogens with zero attached hydrogens (tertiary/aromatic N) is 1. The minimum atomic E-state index is -0.140. The molecule has 4 rings (SSSR count). The number of hydrogen-bond acceptors (Lipinski definition) is 4. The van der Waals surface area contributed by atoms with Crippen molar-refractivity contribution in [3.63, 3.8) is 0 Å². The number of rotatable bonds is 4. The summed E-state index contributed by atoms with van der Waals surface area (Å²) in [5.74, 6) is 0.240. The number of likely N-dealkylation sites (tertiary alicyclic amines) is 1. The van der Waals surface area contributed by atoms with Crippen molar-refractivity contribution < 1.29 is 9.21 Å². The van der Waals surface area contributed by atoms with Gasteiger partial charge in [0.1, 0.15) is 5.00 Å². The van der Waals surface area contributed by atoms with Gasteiger partial charge in [-0.2, -0.15) is 0 Å². The zero-order valence-corrected chi connectivity index (χ0v) is 14.8. The van der Waals surface area contributed by atoms with Crippen molar-refractivity contribution in [2.45, 2.75) is 51.5 Å². The van der Waals surface area contributed by atoms with Gasteiger partial charge in [-0.25, -0.2) is 0 Å². The minimum Gasteiger partial charge on any atom is -0.459 e.